The van der Waals surface area contributed by atoms with Crippen LogP contribution in [0.25, 0.3) is 6.08 Å². The monoisotopic (exact) mass is 302 g/mol. The molecule has 1 aliphatic rings. The first-order chi connectivity index (χ1) is 10.6. The van der Waals surface area contributed by atoms with Gasteiger partial charge in [0.15, 0.2) is 11.4 Å². The Bertz CT molecular complexity index is 551. The maximum absolute atomic E-state index is 12.6. The minimum atomic E-state index is -0.965. The summed E-state index contributed by atoms with van der Waals surface area (Å²) < 4.78 is 10.5. The van der Waals surface area contributed by atoms with Gasteiger partial charge in [-0.25, -0.2) is 0 Å². The van der Waals surface area contributed by atoms with Crippen LogP contribution in [0.5, 0.6) is 5.75 Å². The van der Waals surface area contributed by atoms with E-state index in [1.165, 1.54) is 13.0 Å². The fourth-order valence-electron chi connectivity index (χ4n) is 2.84. The van der Waals surface area contributed by atoms with E-state index in [9.17, 15) is 9.59 Å². The average molecular weight is 302 g/mol. The van der Waals surface area contributed by atoms with Gasteiger partial charge in [0.2, 0.25) is 0 Å². The highest BCUT2D eigenvalue weighted by atomic mass is 16.6. The summed E-state index contributed by atoms with van der Waals surface area (Å²) in [5.41, 5.74) is -0.0597. The summed E-state index contributed by atoms with van der Waals surface area (Å²) in [5.74, 6) is 0.249. The predicted octanol–water partition coefficient (Wildman–Crippen LogP) is 3.54. The van der Waals surface area contributed by atoms with Crippen LogP contribution in [0, 0.1) is 0 Å². The summed E-state index contributed by atoms with van der Waals surface area (Å²) in [4.78, 5) is 23.9. The second-order valence-corrected chi connectivity index (χ2v) is 5.62. The number of methoxy groups -OCH3 is 1. The number of esters is 1. The minimum absolute atomic E-state index is 0.127. The van der Waals surface area contributed by atoms with Crippen molar-refractivity contribution in [2.24, 2.45) is 0 Å². The number of rotatable bonds is 5. The van der Waals surface area contributed by atoms with Gasteiger partial charge in [0.25, 0.3) is 0 Å². The topological polar surface area (TPSA) is 52.6 Å². The Labute approximate surface area is 131 Å². The van der Waals surface area contributed by atoms with Crippen LogP contribution in [0.15, 0.2) is 30.3 Å². The quantitative estimate of drug-likeness (QED) is 0.616. The first-order valence-electron chi connectivity index (χ1n) is 7.62. The molecule has 22 heavy (non-hydrogen) atoms. The number of hydrogen-bond acceptors (Lipinski definition) is 4. The van der Waals surface area contributed by atoms with Crippen molar-refractivity contribution < 1.29 is 19.1 Å². The lowest BCUT2D eigenvalue weighted by Crippen LogP contribution is -2.43. The molecule has 1 saturated carbocycles. The SMILES string of the molecule is COc1ccc(/C=C/C(=O)C2(OC(C)=O)CCCCC2)cc1. The molecule has 0 atom stereocenters. The molecular weight excluding hydrogens is 280 g/mol. The Morgan fingerprint density at radius 2 is 1.73 bits per heavy atom. The third kappa shape index (κ3) is 3.97. The van der Waals surface area contributed by atoms with E-state index in [0.717, 1.165) is 30.6 Å². The van der Waals surface area contributed by atoms with E-state index in [2.05, 4.69) is 0 Å². The third-order valence-electron chi connectivity index (χ3n) is 3.99. The molecule has 4 heteroatoms. The lowest BCUT2D eigenvalue weighted by molar-refractivity contribution is -0.167. The molecule has 0 unspecified atom stereocenters. The maximum atomic E-state index is 12.6. The van der Waals surface area contributed by atoms with Gasteiger partial charge in [-0.05, 0) is 49.5 Å². The fourth-order valence-corrected chi connectivity index (χ4v) is 2.84. The molecule has 1 fully saturated rings. The summed E-state index contributed by atoms with van der Waals surface area (Å²) in [6, 6.07) is 7.43. The number of hydrogen-bond donors (Lipinski definition) is 0. The maximum Gasteiger partial charge on any atom is 0.303 e. The van der Waals surface area contributed by atoms with Crippen LogP contribution in [0.3, 0.4) is 0 Å². The van der Waals surface area contributed by atoms with Crippen LogP contribution in [-0.2, 0) is 14.3 Å². The summed E-state index contributed by atoms with van der Waals surface area (Å²) in [6.07, 6.45) is 7.40. The van der Waals surface area contributed by atoms with Gasteiger partial charge >= 0.3 is 5.97 Å². The zero-order chi connectivity index (χ0) is 16.0. The van der Waals surface area contributed by atoms with Crippen molar-refractivity contribution in [1.29, 1.82) is 0 Å². The normalized spacial score (nSPS) is 17.2. The molecule has 4 nitrogen and oxygen atoms in total. The first kappa shape index (κ1) is 16.3. The van der Waals surface area contributed by atoms with E-state index in [0.29, 0.717) is 12.8 Å². The van der Waals surface area contributed by atoms with E-state index in [-0.39, 0.29) is 5.78 Å². The zero-order valence-electron chi connectivity index (χ0n) is 13.1. The first-order valence-corrected chi connectivity index (χ1v) is 7.62. The highest BCUT2D eigenvalue weighted by molar-refractivity contribution is 6.01. The smallest absolute Gasteiger partial charge is 0.303 e. The van der Waals surface area contributed by atoms with E-state index >= 15 is 0 Å². The molecule has 0 bridgehead atoms. The Balaban J connectivity index is 2.12. The van der Waals surface area contributed by atoms with Crippen LogP contribution in [-0.4, -0.2) is 24.5 Å². The molecule has 1 aromatic rings. The van der Waals surface area contributed by atoms with E-state index in [1.807, 2.05) is 24.3 Å². The van der Waals surface area contributed by atoms with E-state index in [1.54, 1.807) is 13.2 Å². The van der Waals surface area contributed by atoms with Gasteiger partial charge in [-0.1, -0.05) is 24.6 Å². The zero-order valence-corrected chi connectivity index (χ0v) is 13.1. The molecule has 0 N–H and O–H groups in total. The molecular formula is C18H22O4. The molecule has 0 saturated heterocycles. The van der Waals surface area contributed by atoms with Crippen LogP contribution in [0.1, 0.15) is 44.6 Å². The predicted molar refractivity (Wildman–Crippen MR) is 84.6 cm³/mol. The molecule has 0 radical (unpaired) electrons. The van der Waals surface area contributed by atoms with Gasteiger partial charge in [0.1, 0.15) is 5.75 Å². The average Bonchev–Trinajstić information content (AvgIpc) is 2.53. The van der Waals surface area contributed by atoms with Gasteiger partial charge in [0, 0.05) is 6.92 Å². The Morgan fingerprint density at radius 1 is 1.09 bits per heavy atom. The van der Waals surface area contributed by atoms with Gasteiger partial charge in [-0.2, -0.15) is 0 Å². The lowest BCUT2D eigenvalue weighted by Gasteiger charge is -2.34. The Kier molecular flexibility index (Phi) is 5.36. The minimum Gasteiger partial charge on any atom is -0.497 e. The summed E-state index contributed by atoms with van der Waals surface area (Å²) in [7, 11) is 1.61. The molecule has 118 valence electrons. The van der Waals surface area contributed by atoms with Crippen LogP contribution in [0.4, 0.5) is 0 Å². The molecule has 1 aromatic carbocycles. The van der Waals surface area contributed by atoms with Crippen LogP contribution < -0.4 is 4.74 Å². The van der Waals surface area contributed by atoms with E-state index < -0.39 is 11.6 Å². The molecule has 0 heterocycles. The molecule has 0 spiro atoms. The summed E-state index contributed by atoms with van der Waals surface area (Å²) in [6.45, 7) is 1.36. The summed E-state index contributed by atoms with van der Waals surface area (Å²) in [5, 5.41) is 0. The second kappa shape index (κ2) is 7.25. The highest BCUT2D eigenvalue weighted by Gasteiger charge is 2.40. The highest BCUT2D eigenvalue weighted by Crippen LogP contribution is 2.33. The van der Waals surface area contributed by atoms with Crippen LogP contribution in [0.2, 0.25) is 0 Å². The molecule has 1 aliphatic carbocycles. The summed E-state index contributed by atoms with van der Waals surface area (Å²) >= 11 is 0. The standard InChI is InChI=1S/C18H22O4/c1-14(19)22-18(12-4-3-5-13-18)17(20)11-8-15-6-9-16(21-2)10-7-15/h6-11H,3-5,12-13H2,1-2H3/b11-8+. The largest absolute Gasteiger partial charge is 0.497 e. The number of ether oxygens (including phenoxy) is 2. The van der Waals surface area contributed by atoms with Crippen molar-refractivity contribution >= 4 is 17.8 Å². The number of benzene rings is 1. The van der Waals surface area contributed by atoms with Gasteiger partial charge in [0.05, 0.1) is 7.11 Å². The number of ketones is 1. The van der Waals surface area contributed by atoms with Crippen molar-refractivity contribution in [1.82, 2.24) is 0 Å². The van der Waals surface area contributed by atoms with Gasteiger partial charge in [-0.3, -0.25) is 9.59 Å². The van der Waals surface area contributed by atoms with Crippen molar-refractivity contribution in [3.05, 3.63) is 35.9 Å². The van der Waals surface area contributed by atoms with E-state index in [4.69, 9.17) is 9.47 Å². The number of carbonyl (C=O) groups is 2. The lowest BCUT2D eigenvalue weighted by atomic mass is 9.81. The van der Waals surface area contributed by atoms with Gasteiger partial charge < -0.3 is 9.47 Å². The van der Waals surface area contributed by atoms with Gasteiger partial charge in [-0.15, -0.1) is 0 Å². The van der Waals surface area contributed by atoms with Crippen LogP contribution >= 0.6 is 0 Å². The van der Waals surface area contributed by atoms with Crippen molar-refractivity contribution in [2.75, 3.05) is 7.11 Å². The Hall–Kier alpha value is -2.10. The van der Waals surface area contributed by atoms with Crippen molar-refractivity contribution in [3.8, 4) is 5.75 Å². The molecule has 0 aromatic heterocycles. The van der Waals surface area contributed by atoms with Crippen molar-refractivity contribution in [2.45, 2.75) is 44.6 Å². The molecule has 0 aliphatic heterocycles. The molecule has 2 rings (SSSR count). The fraction of sp³-hybridized carbons (Fsp3) is 0.444. The molecule has 0 amide bonds. The Morgan fingerprint density at radius 3 is 2.27 bits per heavy atom. The van der Waals surface area contributed by atoms with Crippen molar-refractivity contribution in [3.63, 3.8) is 0 Å². The third-order valence-corrected chi connectivity index (χ3v) is 3.99. The number of carbonyl (C=O) groups excluding carboxylic acids is 2. The second-order valence-electron chi connectivity index (χ2n) is 5.62.